The number of aliphatic carboxylic acids is 1. The van der Waals surface area contributed by atoms with E-state index in [1.165, 1.54) is 7.11 Å². The maximum Gasteiger partial charge on any atom is 0.573 e. The average molecular weight is 266 g/mol. The van der Waals surface area contributed by atoms with Crippen LogP contribution in [-0.2, 0) is 4.79 Å². The van der Waals surface area contributed by atoms with Crippen LogP contribution in [0.3, 0.4) is 0 Å². The van der Waals surface area contributed by atoms with Crippen LogP contribution >= 0.6 is 0 Å². The minimum absolute atomic E-state index is 0.0971. The molecule has 0 aromatic heterocycles. The Bertz CT molecular complexity index is 444. The van der Waals surface area contributed by atoms with Crippen LogP contribution in [0.1, 0.15) is 11.7 Å². The molecule has 1 aromatic carbocycles. The highest BCUT2D eigenvalue weighted by Crippen LogP contribution is 2.33. The molecular weight excluding hydrogens is 257 g/mol. The monoisotopic (exact) mass is 266 g/mol. The highest BCUT2D eigenvalue weighted by atomic mass is 19.4. The molecule has 0 saturated carbocycles. The summed E-state index contributed by atoms with van der Waals surface area (Å²) in [7, 11) is 1.25. The SMILES string of the molecule is COc1ccc(OC(F)(F)F)c(C(O)C(=O)O)c1. The quantitative estimate of drug-likeness (QED) is 0.867. The molecule has 0 spiro atoms. The van der Waals surface area contributed by atoms with Crippen LogP contribution in [0, 0.1) is 0 Å². The third kappa shape index (κ3) is 3.52. The molecule has 0 radical (unpaired) electrons. The molecule has 1 aromatic rings. The Labute approximate surface area is 99.4 Å². The minimum Gasteiger partial charge on any atom is -0.497 e. The first-order valence-electron chi connectivity index (χ1n) is 4.59. The van der Waals surface area contributed by atoms with Crippen molar-refractivity contribution in [3.63, 3.8) is 0 Å². The third-order valence-corrected chi connectivity index (χ3v) is 1.97. The number of hydrogen-bond donors (Lipinski definition) is 2. The number of alkyl halides is 3. The fourth-order valence-corrected chi connectivity index (χ4v) is 1.22. The first kappa shape index (κ1) is 14.1. The van der Waals surface area contributed by atoms with Crippen LogP contribution in [0.5, 0.6) is 11.5 Å². The molecule has 0 aliphatic rings. The predicted molar refractivity (Wildman–Crippen MR) is 52.3 cm³/mol. The van der Waals surface area contributed by atoms with Gasteiger partial charge in [-0.1, -0.05) is 0 Å². The van der Waals surface area contributed by atoms with E-state index in [0.29, 0.717) is 0 Å². The van der Waals surface area contributed by atoms with Gasteiger partial charge in [0.15, 0.2) is 6.10 Å². The first-order valence-corrected chi connectivity index (χ1v) is 4.59. The molecule has 100 valence electrons. The summed E-state index contributed by atoms with van der Waals surface area (Å²) in [5.74, 6) is -2.40. The molecule has 1 rings (SSSR count). The largest absolute Gasteiger partial charge is 0.573 e. The average Bonchev–Trinajstić information content (AvgIpc) is 2.26. The smallest absolute Gasteiger partial charge is 0.497 e. The molecule has 8 heteroatoms. The zero-order chi connectivity index (χ0) is 13.9. The molecule has 0 aliphatic heterocycles. The number of hydrogen-bond acceptors (Lipinski definition) is 4. The van der Waals surface area contributed by atoms with Gasteiger partial charge in [0, 0.05) is 5.56 Å². The van der Waals surface area contributed by atoms with Crippen LogP contribution < -0.4 is 9.47 Å². The van der Waals surface area contributed by atoms with Crippen LogP contribution in [0.2, 0.25) is 0 Å². The molecule has 18 heavy (non-hydrogen) atoms. The second kappa shape index (κ2) is 5.13. The van der Waals surface area contributed by atoms with Gasteiger partial charge in [-0.3, -0.25) is 0 Å². The number of carboxylic acids is 1. The summed E-state index contributed by atoms with van der Waals surface area (Å²) in [5.41, 5.74) is -0.542. The zero-order valence-electron chi connectivity index (χ0n) is 9.06. The lowest BCUT2D eigenvalue weighted by Crippen LogP contribution is -2.20. The molecule has 0 saturated heterocycles. The van der Waals surface area contributed by atoms with Crippen molar-refractivity contribution in [2.24, 2.45) is 0 Å². The van der Waals surface area contributed by atoms with E-state index in [2.05, 4.69) is 4.74 Å². The second-order valence-electron chi connectivity index (χ2n) is 3.19. The van der Waals surface area contributed by atoms with Crippen molar-refractivity contribution in [2.45, 2.75) is 12.5 Å². The second-order valence-corrected chi connectivity index (χ2v) is 3.19. The number of benzene rings is 1. The molecule has 0 amide bonds. The van der Waals surface area contributed by atoms with E-state index >= 15 is 0 Å². The van der Waals surface area contributed by atoms with E-state index in [9.17, 15) is 23.1 Å². The number of halogens is 3. The van der Waals surface area contributed by atoms with Gasteiger partial charge in [-0.2, -0.15) is 0 Å². The van der Waals surface area contributed by atoms with Crippen molar-refractivity contribution in [1.29, 1.82) is 0 Å². The van der Waals surface area contributed by atoms with E-state index in [1.54, 1.807) is 0 Å². The topological polar surface area (TPSA) is 76.0 Å². The van der Waals surface area contributed by atoms with Crippen LogP contribution in [0.15, 0.2) is 18.2 Å². The number of methoxy groups -OCH3 is 1. The van der Waals surface area contributed by atoms with Crippen LogP contribution in [-0.4, -0.2) is 29.7 Å². The lowest BCUT2D eigenvalue weighted by atomic mass is 10.1. The molecule has 0 fully saturated rings. The number of carboxylic acid groups (broad SMARTS) is 1. The maximum atomic E-state index is 12.1. The van der Waals surface area contributed by atoms with E-state index in [-0.39, 0.29) is 5.75 Å². The predicted octanol–water partition coefficient (Wildman–Crippen LogP) is 1.71. The summed E-state index contributed by atoms with van der Waals surface area (Å²) in [4.78, 5) is 10.6. The Hall–Kier alpha value is -1.96. The Morgan fingerprint density at radius 1 is 1.39 bits per heavy atom. The van der Waals surface area contributed by atoms with Gasteiger partial charge in [0.1, 0.15) is 11.5 Å². The highest BCUT2D eigenvalue weighted by Gasteiger charge is 2.34. The van der Waals surface area contributed by atoms with Gasteiger partial charge >= 0.3 is 12.3 Å². The van der Waals surface area contributed by atoms with Crippen molar-refractivity contribution >= 4 is 5.97 Å². The van der Waals surface area contributed by atoms with E-state index in [1.807, 2.05) is 0 Å². The number of rotatable bonds is 4. The molecule has 5 nitrogen and oxygen atoms in total. The number of carbonyl (C=O) groups is 1. The lowest BCUT2D eigenvalue weighted by Gasteiger charge is -2.15. The molecule has 0 bridgehead atoms. The fourth-order valence-electron chi connectivity index (χ4n) is 1.22. The standard InChI is InChI=1S/C10H9F3O5/c1-17-5-2-3-7(18-10(11,12)13)6(4-5)8(14)9(15)16/h2-4,8,14H,1H3,(H,15,16). The summed E-state index contributed by atoms with van der Waals surface area (Å²) in [6.45, 7) is 0. The van der Waals surface area contributed by atoms with Gasteiger partial charge in [0.25, 0.3) is 0 Å². The summed E-state index contributed by atoms with van der Waals surface area (Å²) in [6, 6.07) is 2.98. The third-order valence-electron chi connectivity index (χ3n) is 1.97. The number of aliphatic hydroxyl groups is 1. The van der Waals surface area contributed by atoms with Crippen molar-refractivity contribution < 1.29 is 37.7 Å². The van der Waals surface area contributed by atoms with Crippen LogP contribution in [0.4, 0.5) is 13.2 Å². The molecule has 1 unspecified atom stereocenters. The van der Waals surface area contributed by atoms with E-state index < -0.39 is 29.7 Å². The molecule has 0 heterocycles. The minimum atomic E-state index is -4.98. The molecular formula is C10H9F3O5. The highest BCUT2D eigenvalue weighted by molar-refractivity contribution is 5.75. The Morgan fingerprint density at radius 3 is 2.44 bits per heavy atom. The van der Waals surface area contributed by atoms with E-state index in [4.69, 9.17) is 9.84 Å². The molecule has 1 atom stereocenters. The van der Waals surface area contributed by atoms with Gasteiger partial charge in [0.05, 0.1) is 7.11 Å². The van der Waals surface area contributed by atoms with Gasteiger partial charge in [-0.15, -0.1) is 13.2 Å². The summed E-state index contributed by atoms with van der Waals surface area (Å²) in [6.07, 6.45) is -7.13. The van der Waals surface area contributed by atoms with Crippen LogP contribution in [0.25, 0.3) is 0 Å². The Balaban J connectivity index is 3.20. The summed E-state index contributed by atoms with van der Waals surface area (Å²) < 4.78 is 44.6. The van der Waals surface area contributed by atoms with Gasteiger partial charge in [-0.25, -0.2) is 4.79 Å². The zero-order valence-corrected chi connectivity index (χ0v) is 9.06. The molecule has 2 N–H and O–H groups in total. The summed E-state index contributed by atoms with van der Waals surface area (Å²) >= 11 is 0. The first-order chi connectivity index (χ1) is 8.24. The molecule has 0 aliphatic carbocycles. The Kier molecular flexibility index (Phi) is 4.02. The normalized spacial score (nSPS) is 12.9. The van der Waals surface area contributed by atoms with Crippen molar-refractivity contribution in [2.75, 3.05) is 7.11 Å². The van der Waals surface area contributed by atoms with Crippen molar-refractivity contribution in [1.82, 2.24) is 0 Å². The van der Waals surface area contributed by atoms with Crippen molar-refractivity contribution in [3.05, 3.63) is 23.8 Å². The number of ether oxygens (including phenoxy) is 2. The number of aliphatic hydroxyl groups excluding tert-OH is 1. The fraction of sp³-hybridized carbons (Fsp3) is 0.300. The maximum absolute atomic E-state index is 12.1. The van der Waals surface area contributed by atoms with Gasteiger partial charge in [0.2, 0.25) is 0 Å². The lowest BCUT2D eigenvalue weighted by molar-refractivity contribution is -0.275. The van der Waals surface area contributed by atoms with Crippen molar-refractivity contribution in [3.8, 4) is 11.5 Å². The summed E-state index contributed by atoms with van der Waals surface area (Å²) in [5, 5.41) is 17.9. The van der Waals surface area contributed by atoms with E-state index in [0.717, 1.165) is 18.2 Å². The Morgan fingerprint density at radius 2 is 2.00 bits per heavy atom. The van der Waals surface area contributed by atoms with Gasteiger partial charge in [-0.05, 0) is 18.2 Å². The van der Waals surface area contributed by atoms with Gasteiger partial charge < -0.3 is 19.7 Å².